The van der Waals surface area contributed by atoms with Gasteiger partial charge in [-0.3, -0.25) is 0 Å². The Balaban J connectivity index is 3.68. The van der Waals surface area contributed by atoms with Crippen molar-refractivity contribution in [1.82, 2.24) is 0 Å². The normalized spacial score (nSPS) is 11.4. The van der Waals surface area contributed by atoms with E-state index < -0.39 is 18.2 Å². The van der Waals surface area contributed by atoms with E-state index >= 15 is 0 Å². The van der Waals surface area contributed by atoms with Gasteiger partial charge in [-0.05, 0) is 26.2 Å². The molecule has 0 aliphatic rings. The van der Waals surface area contributed by atoms with E-state index in [1.54, 1.807) is 0 Å². The van der Waals surface area contributed by atoms with Crippen LogP contribution in [0.1, 0.15) is 32.6 Å². The van der Waals surface area contributed by atoms with Crippen LogP contribution in [0.5, 0.6) is 0 Å². The molecular weight excluding hydrogens is 248 g/mol. The van der Waals surface area contributed by atoms with Gasteiger partial charge in [0.15, 0.2) is 0 Å². The zero-order valence-electron chi connectivity index (χ0n) is 11.4. The van der Waals surface area contributed by atoms with Crippen LogP contribution in [0.4, 0.5) is 0 Å². The Kier molecular flexibility index (Phi) is 10.5. The van der Waals surface area contributed by atoms with Gasteiger partial charge in [0.05, 0.1) is 6.61 Å². The van der Waals surface area contributed by atoms with E-state index in [-0.39, 0.29) is 0 Å². The van der Waals surface area contributed by atoms with Gasteiger partial charge in [-0.15, -0.1) is 0 Å². The van der Waals surface area contributed by atoms with Gasteiger partial charge in [-0.1, -0.05) is 13.2 Å². The van der Waals surface area contributed by atoms with Crippen LogP contribution in [-0.4, -0.2) is 31.4 Å². The molecule has 0 aliphatic carbocycles. The van der Waals surface area contributed by atoms with Crippen molar-refractivity contribution in [2.75, 3.05) is 13.2 Å². The zero-order valence-corrected chi connectivity index (χ0v) is 11.4. The Morgan fingerprint density at radius 1 is 1.11 bits per heavy atom. The van der Waals surface area contributed by atoms with Crippen LogP contribution < -0.4 is 0 Å². The number of rotatable bonds is 11. The van der Waals surface area contributed by atoms with E-state index in [2.05, 4.69) is 13.2 Å². The third-order valence-corrected chi connectivity index (χ3v) is 2.26. The summed E-state index contributed by atoms with van der Waals surface area (Å²) in [6.07, 6.45) is 4.77. The second-order valence-electron chi connectivity index (χ2n) is 3.75. The van der Waals surface area contributed by atoms with Crippen LogP contribution >= 0.6 is 0 Å². The molecule has 5 heteroatoms. The minimum absolute atomic E-state index is 0.372. The summed E-state index contributed by atoms with van der Waals surface area (Å²) in [7, 11) is 0. The van der Waals surface area contributed by atoms with Crippen molar-refractivity contribution in [3.63, 3.8) is 0 Å². The Labute approximate surface area is 114 Å². The summed E-state index contributed by atoms with van der Waals surface area (Å²) in [4.78, 5) is 21.8. The van der Waals surface area contributed by atoms with E-state index in [0.717, 1.165) is 31.4 Å². The molecular formula is C14H22O5. The van der Waals surface area contributed by atoms with Gasteiger partial charge in [0.25, 0.3) is 0 Å². The molecule has 1 atom stereocenters. The Hall–Kier alpha value is -1.62. The van der Waals surface area contributed by atoms with Gasteiger partial charge >= 0.3 is 11.9 Å². The lowest BCUT2D eigenvalue weighted by molar-refractivity contribution is -0.173. The first-order valence-electron chi connectivity index (χ1n) is 6.37. The topological polar surface area (TPSA) is 61.8 Å². The van der Waals surface area contributed by atoms with Gasteiger partial charge < -0.3 is 14.2 Å². The number of carbonyl (C=O) groups is 2. The van der Waals surface area contributed by atoms with Crippen molar-refractivity contribution in [1.29, 1.82) is 0 Å². The fraction of sp³-hybridized carbons (Fsp3) is 0.571. The molecule has 0 aromatic heterocycles. The summed E-state index contributed by atoms with van der Waals surface area (Å²) in [6, 6.07) is 0. The second-order valence-corrected chi connectivity index (χ2v) is 3.75. The number of esters is 2. The lowest BCUT2D eigenvalue weighted by Gasteiger charge is -2.16. The van der Waals surface area contributed by atoms with Crippen molar-refractivity contribution in [2.45, 2.75) is 38.9 Å². The Morgan fingerprint density at radius 3 is 2.37 bits per heavy atom. The Bertz CT molecular complexity index is 298. The van der Waals surface area contributed by atoms with Crippen LogP contribution in [0.2, 0.25) is 0 Å². The first-order chi connectivity index (χ1) is 9.13. The summed E-state index contributed by atoms with van der Waals surface area (Å²) in [5, 5.41) is 0. The maximum Gasteiger partial charge on any atom is 0.332 e. The molecule has 0 rings (SSSR count). The zero-order chi connectivity index (χ0) is 14.5. The van der Waals surface area contributed by atoms with Crippen molar-refractivity contribution >= 4 is 11.9 Å². The maximum atomic E-state index is 11.1. The van der Waals surface area contributed by atoms with Crippen molar-refractivity contribution < 1.29 is 23.8 Å². The fourth-order valence-corrected chi connectivity index (χ4v) is 1.36. The first kappa shape index (κ1) is 17.4. The van der Waals surface area contributed by atoms with Crippen molar-refractivity contribution in [3.8, 4) is 0 Å². The monoisotopic (exact) mass is 270 g/mol. The van der Waals surface area contributed by atoms with Crippen LogP contribution in [0.25, 0.3) is 0 Å². The number of hydrogen-bond acceptors (Lipinski definition) is 5. The summed E-state index contributed by atoms with van der Waals surface area (Å²) in [5.74, 6) is -0.898. The van der Waals surface area contributed by atoms with E-state index in [1.807, 2.05) is 6.92 Å². The summed E-state index contributed by atoms with van der Waals surface area (Å²) in [5.41, 5.74) is 0. The predicted molar refractivity (Wildman–Crippen MR) is 71.3 cm³/mol. The van der Waals surface area contributed by atoms with Gasteiger partial charge in [0.2, 0.25) is 6.29 Å². The summed E-state index contributed by atoms with van der Waals surface area (Å²) < 4.78 is 15.2. The smallest absolute Gasteiger partial charge is 0.332 e. The molecule has 108 valence electrons. The van der Waals surface area contributed by atoms with Gasteiger partial charge in [-0.2, -0.15) is 0 Å². The second kappa shape index (κ2) is 11.5. The number of unbranched alkanes of at least 4 members (excludes halogenated alkanes) is 2. The molecule has 0 aromatic carbocycles. The van der Waals surface area contributed by atoms with Crippen LogP contribution in [0.3, 0.4) is 0 Å². The van der Waals surface area contributed by atoms with Crippen molar-refractivity contribution in [2.24, 2.45) is 0 Å². The quantitative estimate of drug-likeness (QED) is 0.250. The van der Waals surface area contributed by atoms with Gasteiger partial charge in [0.1, 0.15) is 0 Å². The highest BCUT2D eigenvalue weighted by molar-refractivity contribution is 5.81. The highest BCUT2D eigenvalue weighted by Crippen LogP contribution is 2.09. The molecule has 0 bridgehead atoms. The van der Waals surface area contributed by atoms with E-state index in [1.165, 1.54) is 0 Å². The number of ether oxygens (including phenoxy) is 3. The third kappa shape index (κ3) is 10.0. The highest BCUT2D eigenvalue weighted by atomic mass is 16.7. The third-order valence-electron chi connectivity index (χ3n) is 2.26. The van der Waals surface area contributed by atoms with Gasteiger partial charge in [0, 0.05) is 25.2 Å². The van der Waals surface area contributed by atoms with Crippen LogP contribution in [-0.2, 0) is 23.8 Å². The molecule has 0 saturated heterocycles. The molecule has 0 saturated carbocycles. The van der Waals surface area contributed by atoms with E-state index in [0.29, 0.717) is 19.6 Å². The van der Waals surface area contributed by atoms with Gasteiger partial charge in [-0.25, -0.2) is 9.59 Å². The minimum atomic E-state index is -0.536. The number of hydrogen-bond donors (Lipinski definition) is 0. The van der Waals surface area contributed by atoms with Crippen LogP contribution in [0.15, 0.2) is 25.3 Å². The largest absolute Gasteiger partial charge is 0.463 e. The number of carbonyl (C=O) groups excluding carboxylic acids is 2. The summed E-state index contributed by atoms with van der Waals surface area (Å²) >= 11 is 0. The lowest BCUT2D eigenvalue weighted by atomic mass is 10.2. The first-order valence-corrected chi connectivity index (χ1v) is 6.37. The minimum Gasteiger partial charge on any atom is -0.463 e. The SMILES string of the molecule is C=CC(=O)OCCCCCC(OCC)OC(=O)C=C. The molecule has 0 spiro atoms. The average Bonchev–Trinajstić information content (AvgIpc) is 2.42. The van der Waals surface area contributed by atoms with Crippen molar-refractivity contribution in [3.05, 3.63) is 25.3 Å². The van der Waals surface area contributed by atoms with E-state index in [9.17, 15) is 9.59 Å². The van der Waals surface area contributed by atoms with E-state index in [4.69, 9.17) is 14.2 Å². The molecule has 0 N–H and O–H groups in total. The fourth-order valence-electron chi connectivity index (χ4n) is 1.36. The van der Waals surface area contributed by atoms with Crippen LogP contribution in [0, 0.1) is 0 Å². The maximum absolute atomic E-state index is 11.1. The lowest BCUT2D eigenvalue weighted by Crippen LogP contribution is -2.20. The standard InChI is InChI=1S/C14H22O5/c1-4-12(15)18-11-9-7-8-10-14(17-6-3)19-13(16)5-2/h4-5,14H,1-2,6-11H2,3H3. The molecule has 0 aromatic rings. The molecule has 1 unspecified atom stereocenters. The predicted octanol–water partition coefficient (Wildman–Crippen LogP) is 2.37. The molecule has 0 radical (unpaired) electrons. The molecule has 5 nitrogen and oxygen atoms in total. The highest BCUT2D eigenvalue weighted by Gasteiger charge is 2.11. The molecule has 0 amide bonds. The Morgan fingerprint density at radius 2 is 1.79 bits per heavy atom. The molecule has 0 heterocycles. The average molecular weight is 270 g/mol. The molecule has 0 fully saturated rings. The molecule has 0 aliphatic heterocycles. The summed E-state index contributed by atoms with van der Waals surface area (Å²) in [6.45, 7) is 9.33. The molecule has 19 heavy (non-hydrogen) atoms.